The van der Waals surface area contributed by atoms with Gasteiger partial charge in [0.2, 0.25) is 5.91 Å². The van der Waals surface area contributed by atoms with Gasteiger partial charge in [0.1, 0.15) is 10.7 Å². The van der Waals surface area contributed by atoms with Crippen LogP contribution in [0.15, 0.2) is 29.6 Å². The van der Waals surface area contributed by atoms with Gasteiger partial charge >= 0.3 is 5.97 Å². The van der Waals surface area contributed by atoms with Crippen LogP contribution in [0.4, 0.5) is 5.00 Å². The fraction of sp³-hybridized carbons (Fsp3) is 0.409. The van der Waals surface area contributed by atoms with Gasteiger partial charge in [-0.2, -0.15) is 0 Å². The monoisotopic (exact) mass is 471 g/mol. The SMILES string of the molecule is CCOC(=O)c1c(NC(=O)CSc2nnc(-c3ccccn3)n2C)sc2c1CCC(C)C2. The van der Waals surface area contributed by atoms with Gasteiger partial charge in [0, 0.05) is 18.1 Å². The lowest BCUT2D eigenvalue weighted by atomic mass is 9.88. The number of esters is 1. The van der Waals surface area contributed by atoms with Crippen LogP contribution < -0.4 is 5.32 Å². The van der Waals surface area contributed by atoms with Crippen molar-refractivity contribution in [2.75, 3.05) is 17.7 Å². The Morgan fingerprint density at radius 2 is 2.19 bits per heavy atom. The van der Waals surface area contributed by atoms with Crippen molar-refractivity contribution < 1.29 is 14.3 Å². The third-order valence-electron chi connectivity index (χ3n) is 5.31. The number of rotatable bonds is 7. The second kappa shape index (κ2) is 9.83. The Balaban J connectivity index is 1.47. The molecule has 0 aromatic carbocycles. The van der Waals surface area contributed by atoms with Gasteiger partial charge in [-0.25, -0.2) is 4.79 Å². The number of fused-ring (bicyclic) bond motifs is 1. The molecule has 1 N–H and O–H groups in total. The highest BCUT2D eigenvalue weighted by Gasteiger charge is 2.29. The van der Waals surface area contributed by atoms with E-state index in [1.165, 1.54) is 28.0 Å². The minimum absolute atomic E-state index is 0.148. The highest BCUT2D eigenvalue weighted by atomic mass is 32.2. The second-order valence-corrected chi connectivity index (χ2v) is 9.74. The average molecular weight is 472 g/mol. The highest BCUT2D eigenvalue weighted by Crippen LogP contribution is 2.40. The van der Waals surface area contributed by atoms with E-state index >= 15 is 0 Å². The van der Waals surface area contributed by atoms with Crippen molar-refractivity contribution in [3.8, 4) is 11.5 Å². The Morgan fingerprint density at radius 3 is 2.94 bits per heavy atom. The van der Waals surface area contributed by atoms with Crippen LogP contribution in [0, 0.1) is 5.92 Å². The van der Waals surface area contributed by atoms with Crippen molar-refractivity contribution in [1.29, 1.82) is 0 Å². The smallest absolute Gasteiger partial charge is 0.341 e. The zero-order chi connectivity index (χ0) is 22.7. The summed E-state index contributed by atoms with van der Waals surface area (Å²) in [6.45, 7) is 4.30. The number of nitrogens with zero attached hydrogens (tertiary/aromatic N) is 4. The molecule has 0 saturated heterocycles. The molecule has 168 valence electrons. The number of anilines is 1. The summed E-state index contributed by atoms with van der Waals surface area (Å²) in [5.41, 5.74) is 2.27. The predicted octanol–water partition coefficient (Wildman–Crippen LogP) is 3.97. The molecule has 1 aliphatic carbocycles. The van der Waals surface area contributed by atoms with Gasteiger partial charge in [-0.05, 0) is 49.8 Å². The summed E-state index contributed by atoms with van der Waals surface area (Å²) in [6.07, 6.45) is 4.49. The lowest BCUT2D eigenvalue weighted by Gasteiger charge is -2.18. The van der Waals surface area contributed by atoms with Crippen LogP contribution in [0.5, 0.6) is 0 Å². The Morgan fingerprint density at radius 1 is 1.34 bits per heavy atom. The van der Waals surface area contributed by atoms with Crippen molar-refractivity contribution in [2.24, 2.45) is 13.0 Å². The molecule has 3 aromatic heterocycles. The molecule has 1 atom stereocenters. The molecule has 0 fully saturated rings. The van der Waals surface area contributed by atoms with Crippen LogP contribution in [-0.4, -0.2) is 44.0 Å². The van der Waals surface area contributed by atoms with E-state index in [0.29, 0.717) is 34.1 Å². The number of thiophene rings is 1. The van der Waals surface area contributed by atoms with E-state index in [4.69, 9.17) is 4.74 Å². The van der Waals surface area contributed by atoms with E-state index in [9.17, 15) is 9.59 Å². The van der Waals surface area contributed by atoms with Crippen molar-refractivity contribution >= 4 is 40.0 Å². The van der Waals surface area contributed by atoms with E-state index in [1.807, 2.05) is 29.8 Å². The summed E-state index contributed by atoms with van der Waals surface area (Å²) in [4.78, 5) is 30.8. The zero-order valence-corrected chi connectivity index (χ0v) is 19.9. The lowest BCUT2D eigenvalue weighted by molar-refractivity contribution is -0.113. The number of carbonyl (C=O) groups is 2. The maximum absolute atomic E-state index is 12.7. The summed E-state index contributed by atoms with van der Waals surface area (Å²) in [5.74, 6) is 0.790. The predicted molar refractivity (Wildman–Crippen MR) is 125 cm³/mol. The first-order valence-electron chi connectivity index (χ1n) is 10.5. The summed E-state index contributed by atoms with van der Waals surface area (Å²) >= 11 is 2.78. The molecule has 4 rings (SSSR count). The summed E-state index contributed by atoms with van der Waals surface area (Å²) in [6, 6.07) is 5.59. The molecule has 8 nitrogen and oxygen atoms in total. The fourth-order valence-corrected chi connectivity index (χ4v) is 5.84. The van der Waals surface area contributed by atoms with Crippen LogP contribution >= 0.6 is 23.1 Å². The number of aromatic nitrogens is 4. The molecule has 3 heterocycles. The molecule has 0 bridgehead atoms. The minimum Gasteiger partial charge on any atom is -0.462 e. The molecule has 0 aliphatic heterocycles. The minimum atomic E-state index is -0.365. The van der Waals surface area contributed by atoms with Crippen molar-refractivity contribution in [1.82, 2.24) is 19.7 Å². The van der Waals surface area contributed by atoms with Crippen LogP contribution in [-0.2, 0) is 29.4 Å². The highest BCUT2D eigenvalue weighted by molar-refractivity contribution is 7.99. The first-order chi connectivity index (χ1) is 15.5. The third-order valence-corrected chi connectivity index (χ3v) is 7.50. The quantitative estimate of drug-likeness (QED) is 0.411. The summed E-state index contributed by atoms with van der Waals surface area (Å²) in [5, 5.41) is 12.5. The second-order valence-electron chi connectivity index (χ2n) is 7.69. The first-order valence-corrected chi connectivity index (χ1v) is 12.3. The van der Waals surface area contributed by atoms with E-state index in [2.05, 4.69) is 27.4 Å². The fourth-order valence-electron chi connectivity index (χ4n) is 3.71. The Labute approximate surface area is 194 Å². The van der Waals surface area contributed by atoms with Gasteiger partial charge in [0.25, 0.3) is 0 Å². The van der Waals surface area contributed by atoms with Gasteiger partial charge in [0.15, 0.2) is 11.0 Å². The van der Waals surface area contributed by atoms with E-state index < -0.39 is 0 Å². The molecule has 0 saturated carbocycles. The molecule has 0 spiro atoms. The topological polar surface area (TPSA) is 99.0 Å². The van der Waals surface area contributed by atoms with E-state index in [0.717, 1.165) is 30.5 Å². The number of carbonyl (C=O) groups excluding carboxylic acids is 2. The van der Waals surface area contributed by atoms with Crippen LogP contribution in [0.3, 0.4) is 0 Å². The number of amides is 1. The van der Waals surface area contributed by atoms with Crippen molar-refractivity contribution in [3.05, 3.63) is 40.4 Å². The molecular formula is C22H25N5O3S2. The van der Waals surface area contributed by atoms with Crippen LogP contribution in [0.2, 0.25) is 0 Å². The number of nitrogens with one attached hydrogen (secondary N) is 1. The van der Waals surface area contributed by atoms with E-state index in [1.54, 1.807) is 13.1 Å². The van der Waals surface area contributed by atoms with Gasteiger partial charge < -0.3 is 14.6 Å². The van der Waals surface area contributed by atoms with Gasteiger partial charge in [-0.3, -0.25) is 9.78 Å². The molecule has 0 radical (unpaired) electrons. The third kappa shape index (κ3) is 4.71. The van der Waals surface area contributed by atoms with Gasteiger partial charge in [-0.15, -0.1) is 21.5 Å². The normalized spacial score (nSPS) is 15.3. The summed E-state index contributed by atoms with van der Waals surface area (Å²) in [7, 11) is 1.84. The molecule has 10 heteroatoms. The standard InChI is InChI=1S/C22H25N5O3S2/c1-4-30-21(29)18-14-9-8-13(2)11-16(14)32-20(18)24-17(28)12-31-22-26-25-19(27(22)3)15-7-5-6-10-23-15/h5-7,10,13H,4,8-9,11-12H2,1-3H3,(H,24,28). The Hall–Kier alpha value is -2.72. The van der Waals surface area contributed by atoms with Crippen molar-refractivity contribution in [3.63, 3.8) is 0 Å². The zero-order valence-electron chi connectivity index (χ0n) is 18.3. The number of hydrogen-bond acceptors (Lipinski definition) is 8. The first kappa shape index (κ1) is 22.5. The molecular weight excluding hydrogens is 446 g/mol. The molecule has 1 aliphatic rings. The molecule has 3 aromatic rings. The Bertz CT molecular complexity index is 1130. The molecule has 32 heavy (non-hydrogen) atoms. The maximum atomic E-state index is 12.7. The Kier molecular flexibility index (Phi) is 6.90. The lowest BCUT2D eigenvalue weighted by Crippen LogP contribution is -2.18. The molecule has 1 unspecified atom stereocenters. The molecule has 1 amide bonds. The average Bonchev–Trinajstić information content (AvgIpc) is 3.32. The number of pyridine rings is 1. The van der Waals surface area contributed by atoms with E-state index in [-0.39, 0.29) is 17.6 Å². The van der Waals surface area contributed by atoms with Crippen LogP contribution in [0.1, 0.15) is 41.1 Å². The van der Waals surface area contributed by atoms with Gasteiger partial charge in [-0.1, -0.05) is 24.8 Å². The maximum Gasteiger partial charge on any atom is 0.341 e. The summed E-state index contributed by atoms with van der Waals surface area (Å²) < 4.78 is 7.09. The van der Waals surface area contributed by atoms with Crippen molar-refractivity contribution in [2.45, 2.75) is 38.3 Å². The number of ether oxygens (including phenoxy) is 1. The van der Waals surface area contributed by atoms with Gasteiger partial charge in [0.05, 0.1) is 17.9 Å². The largest absolute Gasteiger partial charge is 0.462 e. The number of hydrogen-bond donors (Lipinski definition) is 1. The number of thioether (sulfide) groups is 1. The van der Waals surface area contributed by atoms with Crippen LogP contribution in [0.25, 0.3) is 11.5 Å².